The van der Waals surface area contributed by atoms with E-state index in [0.29, 0.717) is 11.1 Å². The lowest BCUT2D eigenvalue weighted by Gasteiger charge is -2.05. The second-order valence-electron chi connectivity index (χ2n) is 4.83. The van der Waals surface area contributed by atoms with E-state index in [2.05, 4.69) is 4.98 Å². The molecule has 0 fully saturated rings. The number of aromatic nitrogens is 1. The highest BCUT2D eigenvalue weighted by Crippen LogP contribution is 2.30. The summed E-state index contributed by atoms with van der Waals surface area (Å²) in [5.74, 6) is 0.0584. The van der Waals surface area contributed by atoms with Crippen molar-refractivity contribution in [2.45, 2.75) is 0 Å². The van der Waals surface area contributed by atoms with Gasteiger partial charge < -0.3 is 16.5 Å². The average molecular weight is 277 g/mol. The molecule has 0 aliphatic rings. The van der Waals surface area contributed by atoms with Gasteiger partial charge in [0.15, 0.2) is 0 Å². The van der Waals surface area contributed by atoms with E-state index >= 15 is 0 Å². The lowest BCUT2D eigenvalue weighted by atomic mass is 10.0. The molecule has 3 aromatic rings. The summed E-state index contributed by atoms with van der Waals surface area (Å²) in [5, 5.41) is 16.2. The predicted molar refractivity (Wildman–Crippen MR) is 85.8 cm³/mol. The standard InChI is InChI=1S/C16H15N5/c17-15(18)10-7-5-9(6-8-10)14-13(16(19)20)11-3-1-2-4-12(11)21-14/h1-8,21H,(H3,17,18)(H3,19,20). The van der Waals surface area contributed by atoms with Crippen molar-refractivity contribution in [3.05, 3.63) is 59.7 Å². The third-order valence-corrected chi connectivity index (χ3v) is 3.46. The van der Waals surface area contributed by atoms with E-state index in [1.807, 2.05) is 36.4 Å². The number of nitrogens with one attached hydrogen (secondary N) is 3. The molecular weight excluding hydrogens is 262 g/mol. The number of benzene rings is 2. The number of H-pyrrole nitrogens is 1. The van der Waals surface area contributed by atoms with Crippen LogP contribution in [0.15, 0.2) is 48.5 Å². The molecule has 0 radical (unpaired) electrons. The molecule has 2 aromatic carbocycles. The molecule has 7 N–H and O–H groups in total. The number of para-hydroxylation sites is 1. The number of nitrogen functional groups attached to an aromatic ring is 2. The number of rotatable bonds is 3. The lowest BCUT2D eigenvalue weighted by molar-refractivity contribution is 1.39. The normalized spacial score (nSPS) is 10.7. The summed E-state index contributed by atoms with van der Waals surface area (Å²) >= 11 is 0. The Morgan fingerprint density at radius 1 is 0.857 bits per heavy atom. The number of amidine groups is 2. The molecule has 0 aliphatic heterocycles. The van der Waals surface area contributed by atoms with Crippen LogP contribution < -0.4 is 11.5 Å². The topological polar surface area (TPSA) is 116 Å². The third kappa shape index (κ3) is 2.14. The van der Waals surface area contributed by atoms with Crippen LogP contribution in [0.2, 0.25) is 0 Å². The highest BCUT2D eigenvalue weighted by Gasteiger charge is 2.15. The number of fused-ring (bicyclic) bond motifs is 1. The van der Waals surface area contributed by atoms with Crippen LogP contribution in [0.25, 0.3) is 22.2 Å². The van der Waals surface area contributed by atoms with Crippen LogP contribution in [0.3, 0.4) is 0 Å². The van der Waals surface area contributed by atoms with Crippen molar-refractivity contribution in [2.75, 3.05) is 0 Å². The molecule has 3 rings (SSSR count). The van der Waals surface area contributed by atoms with Gasteiger partial charge >= 0.3 is 0 Å². The average Bonchev–Trinajstić information content (AvgIpc) is 2.86. The molecule has 0 unspecified atom stereocenters. The summed E-state index contributed by atoms with van der Waals surface area (Å²) in [6.07, 6.45) is 0. The van der Waals surface area contributed by atoms with Crippen molar-refractivity contribution in [3.63, 3.8) is 0 Å². The van der Waals surface area contributed by atoms with E-state index in [1.54, 1.807) is 12.1 Å². The molecule has 0 bridgehead atoms. The van der Waals surface area contributed by atoms with E-state index in [9.17, 15) is 0 Å². The number of hydrogen-bond donors (Lipinski definition) is 5. The molecule has 0 amide bonds. The number of nitrogens with two attached hydrogens (primary N) is 2. The van der Waals surface area contributed by atoms with Gasteiger partial charge in [-0.3, -0.25) is 10.8 Å². The van der Waals surface area contributed by atoms with Crippen molar-refractivity contribution in [1.82, 2.24) is 4.98 Å². The minimum atomic E-state index is 0.0260. The summed E-state index contributed by atoms with van der Waals surface area (Å²) in [6.45, 7) is 0. The molecule has 0 spiro atoms. The van der Waals surface area contributed by atoms with Crippen molar-refractivity contribution in [1.29, 1.82) is 10.8 Å². The Kier molecular flexibility index (Phi) is 2.95. The maximum atomic E-state index is 7.84. The van der Waals surface area contributed by atoms with Gasteiger partial charge in [0.25, 0.3) is 0 Å². The van der Waals surface area contributed by atoms with Crippen LogP contribution in [0.5, 0.6) is 0 Å². The fraction of sp³-hybridized carbons (Fsp3) is 0. The van der Waals surface area contributed by atoms with Gasteiger partial charge in [0, 0.05) is 22.0 Å². The molecule has 1 aromatic heterocycles. The Hall–Kier alpha value is -3.08. The van der Waals surface area contributed by atoms with Gasteiger partial charge in [-0.2, -0.15) is 0 Å². The van der Waals surface area contributed by atoms with Crippen molar-refractivity contribution in [2.24, 2.45) is 11.5 Å². The molecule has 5 nitrogen and oxygen atoms in total. The van der Waals surface area contributed by atoms with Crippen molar-refractivity contribution < 1.29 is 0 Å². The van der Waals surface area contributed by atoms with E-state index in [4.69, 9.17) is 22.3 Å². The first-order chi connectivity index (χ1) is 10.1. The Bertz CT molecular complexity index is 843. The van der Waals surface area contributed by atoms with Gasteiger partial charge in [-0.05, 0) is 11.6 Å². The van der Waals surface area contributed by atoms with Crippen LogP contribution in [-0.2, 0) is 0 Å². The number of aromatic amines is 1. The molecule has 0 atom stereocenters. The summed E-state index contributed by atoms with van der Waals surface area (Å²) in [4.78, 5) is 3.30. The zero-order chi connectivity index (χ0) is 15.0. The minimum absolute atomic E-state index is 0.0260. The number of hydrogen-bond acceptors (Lipinski definition) is 2. The Morgan fingerprint density at radius 2 is 1.52 bits per heavy atom. The summed E-state index contributed by atoms with van der Waals surface area (Å²) < 4.78 is 0. The largest absolute Gasteiger partial charge is 0.384 e. The van der Waals surface area contributed by atoms with E-state index < -0.39 is 0 Å². The van der Waals surface area contributed by atoms with Crippen LogP contribution in [-0.4, -0.2) is 16.7 Å². The second-order valence-corrected chi connectivity index (χ2v) is 4.83. The van der Waals surface area contributed by atoms with Gasteiger partial charge in [0.2, 0.25) is 0 Å². The molecule has 21 heavy (non-hydrogen) atoms. The third-order valence-electron chi connectivity index (χ3n) is 3.46. The van der Waals surface area contributed by atoms with E-state index in [-0.39, 0.29) is 11.7 Å². The molecule has 1 heterocycles. The molecule has 5 heteroatoms. The zero-order valence-electron chi connectivity index (χ0n) is 11.3. The Morgan fingerprint density at radius 3 is 2.14 bits per heavy atom. The maximum Gasteiger partial charge on any atom is 0.125 e. The first-order valence-electron chi connectivity index (χ1n) is 6.48. The van der Waals surface area contributed by atoms with E-state index in [1.165, 1.54) is 0 Å². The fourth-order valence-electron chi connectivity index (χ4n) is 2.45. The van der Waals surface area contributed by atoms with Gasteiger partial charge in [-0.25, -0.2) is 0 Å². The van der Waals surface area contributed by atoms with Crippen molar-refractivity contribution in [3.8, 4) is 11.3 Å². The monoisotopic (exact) mass is 277 g/mol. The van der Waals surface area contributed by atoms with Gasteiger partial charge in [0.05, 0.1) is 5.69 Å². The Labute approximate surface area is 121 Å². The molecular formula is C16H15N5. The smallest absolute Gasteiger partial charge is 0.125 e. The first kappa shape index (κ1) is 12.9. The first-order valence-corrected chi connectivity index (χ1v) is 6.48. The molecule has 0 saturated carbocycles. The van der Waals surface area contributed by atoms with E-state index in [0.717, 1.165) is 22.2 Å². The van der Waals surface area contributed by atoms with Gasteiger partial charge in [0.1, 0.15) is 11.7 Å². The minimum Gasteiger partial charge on any atom is -0.384 e. The predicted octanol–water partition coefficient (Wildman–Crippen LogP) is 2.40. The van der Waals surface area contributed by atoms with Crippen LogP contribution >= 0.6 is 0 Å². The molecule has 104 valence electrons. The SMILES string of the molecule is N=C(N)c1ccc(-c2[nH]c3ccccc3c2C(=N)N)cc1. The zero-order valence-corrected chi connectivity index (χ0v) is 11.3. The van der Waals surface area contributed by atoms with Crippen LogP contribution in [0.1, 0.15) is 11.1 Å². The van der Waals surface area contributed by atoms with Crippen LogP contribution in [0, 0.1) is 10.8 Å². The van der Waals surface area contributed by atoms with Gasteiger partial charge in [-0.1, -0.05) is 42.5 Å². The molecule has 0 saturated heterocycles. The van der Waals surface area contributed by atoms with Crippen LogP contribution in [0.4, 0.5) is 0 Å². The molecule has 0 aliphatic carbocycles. The fourth-order valence-corrected chi connectivity index (χ4v) is 2.45. The summed E-state index contributed by atoms with van der Waals surface area (Å²) in [7, 11) is 0. The maximum absolute atomic E-state index is 7.84. The summed E-state index contributed by atoms with van der Waals surface area (Å²) in [5.41, 5.74) is 15.2. The summed E-state index contributed by atoms with van der Waals surface area (Å²) in [6, 6.07) is 15.1. The highest BCUT2D eigenvalue weighted by atomic mass is 14.8. The van der Waals surface area contributed by atoms with Gasteiger partial charge in [-0.15, -0.1) is 0 Å². The van der Waals surface area contributed by atoms with Crippen molar-refractivity contribution >= 4 is 22.6 Å². The quantitative estimate of drug-likeness (QED) is 0.373. The second kappa shape index (κ2) is 4.79. The lowest BCUT2D eigenvalue weighted by Crippen LogP contribution is -2.12. The Balaban J connectivity index is 2.22. The highest BCUT2D eigenvalue weighted by molar-refractivity contribution is 6.12.